The number of amidine groups is 1. The van der Waals surface area contributed by atoms with Gasteiger partial charge in [-0.25, -0.2) is 4.99 Å². The Labute approximate surface area is 200 Å². The first-order valence-corrected chi connectivity index (χ1v) is 12.7. The Balaban J connectivity index is 1.21. The minimum atomic E-state index is -4.42. The van der Waals surface area contributed by atoms with Crippen LogP contribution in [0.4, 0.5) is 13.2 Å². The lowest BCUT2D eigenvalue weighted by atomic mass is 9.92. The van der Waals surface area contributed by atoms with Crippen LogP contribution >= 0.6 is 0 Å². The summed E-state index contributed by atoms with van der Waals surface area (Å²) in [7, 11) is 1.58. The van der Waals surface area contributed by atoms with E-state index < -0.39 is 12.0 Å². The average Bonchev–Trinajstić information content (AvgIpc) is 3.29. The molecule has 1 aromatic rings. The number of aliphatic imine (C=N–C) groups is 1. The number of aryl methyl sites for hydroxylation is 1. The van der Waals surface area contributed by atoms with Crippen LogP contribution in [0.1, 0.15) is 43.2 Å². The van der Waals surface area contributed by atoms with Crippen molar-refractivity contribution in [1.82, 2.24) is 19.6 Å². The molecule has 8 heteroatoms. The van der Waals surface area contributed by atoms with E-state index in [-0.39, 0.29) is 6.17 Å². The Kier molecular flexibility index (Phi) is 6.75. The SMILES string of the molecule is Cc1ccc(CN2CCN([C@H]3CCN(C4C5=C(CCCC5)N=C(C(F)(F)F)N4C)C3)CC2)cc1. The first-order chi connectivity index (χ1) is 16.3. The number of halogens is 3. The Hall–Kier alpha value is -1.90. The van der Waals surface area contributed by atoms with E-state index in [1.165, 1.54) is 16.0 Å². The Morgan fingerprint density at radius 1 is 0.941 bits per heavy atom. The van der Waals surface area contributed by atoms with Crippen molar-refractivity contribution in [3.63, 3.8) is 0 Å². The summed E-state index contributed by atoms with van der Waals surface area (Å²) in [5.74, 6) is -0.730. The number of rotatable bonds is 4. The van der Waals surface area contributed by atoms with Crippen molar-refractivity contribution >= 4 is 5.84 Å². The van der Waals surface area contributed by atoms with Crippen LogP contribution in [0.5, 0.6) is 0 Å². The summed E-state index contributed by atoms with van der Waals surface area (Å²) in [6, 6.07) is 9.18. The van der Waals surface area contributed by atoms with Gasteiger partial charge in [0.2, 0.25) is 5.84 Å². The van der Waals surface area contributed by atoms with Crippen LogP contribution in [0, 0.1) is 6.92 Å². The second-order valence-corrected chi connectivity index (χ2v) is 10.3. The van der Waals surface area contributed by atoms with E-state index in [0.29, 0.717) is 18.2 Å². The van der Waals surface area contributed by atoms with Crippen molar-refractivity contribution in [2.45, 2.75) is 64.0 Å². The van der Waals surface area contributed by atoms with Crippen molar-refractivity contribution in [3.05, 3.63) is 46.7 Å². The second kappa shape index (κ2) is 9.63. The number of alkyl halides is 3. The number of piperazine rings is 1. The van der Waals surface area contributed by atoms with E-state index >= 15 is 0 Å². The van der Waals surface area contributed by atoms with E-state index in [1.807, 2.05) is 0 Å². The fourth-order valence-electron chi connectivity index (χ4n) is 6.13. The van der Waals surface area contributed by atoms with Gasteiger partial charge in [-0.2, -0.15) is 13.2 Å². The van der Waals surface area contributed by atoms with Gasteiger partial charge >= 0.3 is 6.18 Å². The fraction of sp³-hybridized carbons (Fsp3) is 0.654. The van der Waals surface area contributed by atoms with Gasteiger partial charge in [0, 0.05) is 64.6 Å². The second-order valence-electron chi connectivity index (χ2n) is 10.3. The standard InChI is InChI=1S/C26H36F3N5/c1-19-7-9-20(10-8-19)17-32-13-15-33(16-14-32)21-11-12-34(18-21)24-22-5-3-4-6-23(22)30-25(31(24)2)26(27,28)29/h7-10,21,24H,3-6,11-18H2,1-2H3/t21-,24?/m0/s1. The zero-order valence-corrected chi connectivity index (χ0v) is 20.3. The molecule has 0 aromatic heterocycles. The number of hydrogen-bond donors (Lipinski definition) is 0. The molecule has 2 saturated heterocycles. The van der Waals surface area contributed by atoms with E-state index in [9.17, 15) is 13.2 Å². The molecule has 1 aromatic carbocycles. The van der Waals surface area contributed by atoms with Crippen LogP contribution in [0.2, 0.25) is 0 Å². The Morgan fingerprint density at radius 3 is 2.35 bits per heavy atom. The smallest absolute Gasteiger partial charge is 0.336 e. The molecule has 0 spiro atoms. The highest BCUT2D eigenvalue weighted by Gasteiger charge is 2.47. The summed E-state index contributed by atoms with van der Waals surface area (Å²) in [5, 5.41) is 0. The molecular weight excluding hydrogens is 439 g/mol. The van der Waals surface area contributed by atoms with Gasteiger partial charge in [-0.3, -0.25) is 14.7 Å². The topological polar surface area (TPSA) is 25.3 Å². The number of benzene rings is 1. The normalized spacial score (nSPS) is 27.8. The van der Waals surface area contributed by atoms with Crippen molar-refractivity contribution in [3.8, 4) is 0 Å². The number of hydrogen-bond acceptors (Lipinski definition) is 5. The molecule has 1 aliphatic carbocycles. The van der Waals surface area contributed by atoms with Crippen LogP contribution < -0.4 is 0 Å². The van der Waals surface area contributed by atoms with E-state index in [1.54, 1.807) is 7.05 Å². The highest BCUT2D eigenvalue weighted by molar-refractivity contribution is 5.89. The molecule has 5 nitrogen and oxygen atoms in total. The number of allylic oxidation sites excluding steroid dienone is 1. The summed E-state index contributed by atoms with van der Waals surface area (Å²) in [6.45, 7) is 8.87. The van der Waals surface area contributed by atoms with Crippen molar-refractivity contribution in [1.29, 1.82) is 0 Å². The maximum atomic E-state index is 13.8. The van der Waals surface area contributed by atoms with Gasteiger partial charge in [0.05, 0.1) is 0 Å². The van der Waals surface area contributed by atoms with Crippen LogP contribution in [-0.2, 0) is 6.54 Å². The molecule has 2 fully saturated rings. The predicted octanol–water partition coefficient (Wildman–Crippen LogP) is 4.25. The Morgan fingerprint density at radius 2 is 1.65 bits per heavy atom. The molecule has 2 atom stereocenters. The number of likely N-dealkylation sites (N-methyl/N-ethyl adjacent to an activating group) is 1. The summed E-state index contributed by atoms with van der Waals surface area (Å²) in [4.78, 5) is 12.8. The first kappa shape index (κ1) is 23.8. The average molecular weight is 476 g/mol. The van der Waals surface area contributed by atoms with E-state index in [4.69, 9.17) is 0 Å². The minimum absolute atomic E-state index is 0.308. The monoisotopic (exact) mass is 475 g/mol. The quantitative estimate of drug-likeness (QED) is 0.650. The third-order valence-electron chi connectivity index (χ3n) is 7.98. The van der Waals surface area contributed by atoms with Crippen LogP contribution in [0.25, 0.3) is 0 Å². The number of nitrogens with zero attached hydrogens (tertiary/aromatic N) is 5. The van der Waals surface area contributed by atoms with Gasteiger partial charge in [-0.15, -0.1) is 0 Å². The molecule has 5 rings (SSSR count). The van der Waals surface area contributed by atoms with Gasteiger partial charge < -0.3 is 4.90 Å². The lowest BCUT2D eigenvalue weighted by Gasteiger charge is -2.44. The molecule has 186 valence electrons. The molecule has 34 heavy (non-hydrogen) atoms. The molecule has 0 amide bonds. The zero-order chi connectivity index (χ0) is 23.9. The molecule has 4 aliphatic rings. The van der Waals surface area contributed by atoms with Crippen molar-refractivity contribution in [2.75, 3.05) is 46.3 Å². The third kappa shape index (κ3) is 4.90. The fourth-order valence-corrected chi connectivity index (χ4v) is 6.13. The summed E-state index contributed by atoms with van der Waals surface area (Å²) in [6.07, 6.45) is -0.215. The third-order valence-corrected chi connectivity index (χ3v) is 7.98. The highest BCUT2D eigenvalue weighted by atomic mass is 19.4. The summed E-state index contributed by atoms with van der Waals surface area (Å²) < 4.78 is 41.3. The van der Waals surface area contributed by atoms with Crippen LogP contribution in [-0.4, -0.2) is 90.1 Å². The maximum Gasteiger partial charge on any atom is 0.449 e. The maximum absolute atomic E-state index is 13.8. The molecule has 3 aliphatic heterocycles. The molecule has 0 saturated carbocycles. The van der Waals surface area contributed by atoms with Gasteiger partial charge in [-0.1, -0.05) is 29.8 Å². The largest absolute Gasteiger partial charge is 0.449 e. The molecule has 0 bridgehead atoms. The predicted molar refractivity (Wildman–Crippen MR) is 129 cm³/mol. The lowest BCUT2D eigenvalue weighted by molar-refractivity contribution is -0.0729. The van der Waals surface area contributed by atoms with Gasteiger partial charge in [0.15, 0.2) is 0 Å². The highest BCUT2D eigenvalue weighted by Crippen LogP contribution is 2.39. The van der Waals surface area contributed by atoms with Gasteiger partial charge in [0.25, 0.3) is 0 Å². The molecular formula is C26H36F3N5. The van der Waals surface area contributed by atoms with Crippen LogP contribution in [0.15, 0.2) is 40.5 Å². The molecule has 1 unspecified atom stereocenters. The van der Waals surface area contributed by atoms with E-state index in [2.05, 4.69) is 50.9 Å². The van der Waals surface area contributed by atoms with Crippen molar-refractivity contribution < 1.29 is 13.2 Å². The summed E-state index contributed by atoms with van der Waals surface area (Å²) in [5.41, 5.74) is 4.44. The first-order valence-electron chi connectivity index (χ1n) is 12.7. The van der Waals surface area contributed by atoms with Gasteiger partial charge in [0.1, 0.15) is 6.17 Å². The van der Waals surface area contributed by atoms with Gasteiger partial charge in [-0.05, 0) is 50.2 Å². The summed E-state index contributed by atoms with van der Waals surface area (Å²) >= 11 is 0. The number of likely N-dealkylation sites (tertiary alicyclic amines) is 1. The Bertz CT molecular complexity index is 931. The molecule has 0 N–H and O–H groups in total. The molecule has 0 radical (unpaired) electrons. The molecule has 3 heterocycles. The van der Waals surface area contributed by atoms with Crippen molar-refractivity contribution in [2.24, 2.45) is 4.99 Å². The van der Waals surface area contributed by atoms with E-state index in [0.717, 1.165) is 77.1 Å². The lowest BCUT2D eigenvalue weighted by Crippen LogP contribution is -2.56. The zero-order valence-electron chi connectivity index (χ0n) is 20.3. The van der Waals surface area contributed by atoms with Crippen LogP contribution in [0.3, 0.4) is 0 Å². The minimum Gasteiger partial charge on any atom is -0.336 e.